The number of carbonyl (C=O) groups excluding carboxylic acids is 3. The molecule has 18 nitrogen and oxygen atoms in total. The number of aromatic nitrogens is 4. The number of nitrogens with zero attached hydrogens (tertiary/aromatic N) is 6. The molecule has 5 aromatic rings. The Hall–Kier alpha value is -6.66. The van der Waals surface area contributed by atoms with Gasteiger partial charge in [-0.05, 0) is 72.9 Å². The van der Waals surface area contributed by atoms with E-state index in [9.17, 15) is 39.9 Å². The molecule has 8 rings (SSSR count). The van der Waals surface area contributed by atoms with E-state index in [1.807, 2.05) is 29.2 Å². The molecule has 3 aromatic carbocycles. The summed E-state index contributed by atoms with van der Waals surface area (Å²) in [4.78, 5) is 55.9. The number of benzene rings is 3. The van der Waals surface area contributed by atoms with Gasteiger partial charge >= 0.3 is 12.1 Å². The summed E-state index contributed by atoms with van der Waals surface area (Å²) in [6.45, 7) is 2.95. The Balaban J connectivity index is 1.09. The van der Waals surface area contributed by atoms with Crippen LogP contribution in [0.2, 0.25) is 0 Å². The van der Waals surface area contributed by atoms with Crippen LogP contribution in [0.5, 0.6) is 17.2 Å². The molecule has 0 spiro atoms. The van der Waals surface area contributed by atoms with Crippen molar-refractivity contribution in [3.63, 3.8) is 0 Å². The number of amides is 5. The van der Waals surface area contributed by atoms with E-state index >= 15 is 0 Å². The Morgan fingerprint density at radius 3 is 2.26 bits per heavy atom. The first-order chi connectivity index (χ1) is 27.9. The van der Waals surface area contributed by atoms with Gasteiger partial charge in [-0.2, -0.15) is 9.97 Å². The minimum atomic E-state index is -1.43. The number of carbonyl (C=O) groups is 3. The van der Waals surface area contributed by atoms with Crippen molar-refractivity contribution in [2.45, 2.75) is 68.6 Å². The molecular weight excluding hydrogens is 749 g/mol. The number of hydrogen-bond donors (Lipinski definition) is 9. The highest BCUT2D eigenvalue weighted by Gasteiger charge is 2.51. The number of aromatic hydroxyl groups is 3. The van der Waals surface area contributed by atoms with Gasteiger partial charge in [0.05, 0.1) is 18.4 Å². The summed E-state index contributed by atoms with van der Waals surface area (Å²) < 4.78 is 1.64. The van der Waals surface area contributed by atoms with Crippen LogP contribution < -0.4 is 26.2 Å². The first-order valence-corrected chi connectivity index (χ1v) is 19.1. The van der Waals surface area contributed by atoms with E-state index in [1.54, 1.807) is 60.0 Å². The standard InChI is InChI=1S/C40H44N10O8/c1-21-37(56)50(40(58)44-21)31-16-30(33(54)34(31)55)49-20-43-32-35(41-18-29(23-5-9-26(51)10-6-23)24-7-11-27(52)12-8-24)46-38(47-36(32)49)48-14-13-25(19-48)45-39(57)42-17-22-3-2-4-28(53)15-22/h2-12,15,20-21,25,29-31,33-34,51-55H,13-14,16-19H2,1H3,(H,44,58)(H,41,46,47)(H2,42,45,57)/t21-,25+,30+,31-,33-,34+/m0/s1. The molecule has 4 heterocycles. The fourth-order valence-electron chi connectivity index (χ4n) is 8.05. The fraction of sp³-hybridized carbons (Fsp3) is 0.350. The SMILES string of the molecule is C[C@@H]1NC(=O)N([C@H]2C[C@@H](n3cnc4c(NCC(c5ccc(O)cc5)c5ccc(O)cc5)nc(N5CC[C@@H](NC(=O)NCc6cccc(O)c6)C5)nc43)[C@H](O)[C@@H]2O)C1=O. The van der Waals surface area contributed by atoms with Crippen molar-refractivity contribution in [1.29, 1.82) is 0 Å². The summed E-state index contributed by atoms with van der Waals surface area (Å²) in [7, 11) is 0. The monoisotopic (exact) mass is 792 g/mol. The Bertz CT molecular complexity index is 2280. The van der Waals surface area contributed by atoms with Crippen LogP contribution in [0.4, 0.5) is 21.4 Å². The van der Waals surface area contributed by atoms with Gasteiger partial charge in [-0.1, -0.05) is 36.4 Å². The predicted molar refractivity (Wildman–Crippen MR) is 210 cm³/mol. The third-order valence-corrected chi connectivity index (χ3v) is 11.1. The second-order valence-electron chi connectivity index (χ2n) is 15.0. The Morgan fingerprint density at radius 1 is 0.914 bits per heavy atom. The zero-order valence-electron chi connectivity index (χ0n) is 31.4. The third kappa shape index (κ3) is 7.58. The molecule has 2 saturated heterocycles. The molecule has 302 valence electrons. The molecular formula is C40H44N10O8. The third-order valence-electron chi connectivity index (χ3n) is 11.1. The van der Waals surface area contributed by atoms with Crippen LogP contribution in [0.25, 0.3) is 11.2 Å². The van der Waals surface area contributed by atoms with Gasteiger partial charge in [-0.3, -0.25) is 9.69 Å². The summed E-state index contributed by atoms with van der Waals surface area (Å²) >= 11 is 0. The summed E-state index contributed by atoms with van der Waals surface area (Å²) in [6, 6.07) is 16.5. The first kappa shape index (κ1) is 38.2. The molecule has 0 radical (unpaired) electrons. The molecule has 18 heteroatoms. The van der Waals surface area contributed by atoms with E-state index < -0.39 is 42.3 Å². The minimum Gasteiger partial charge on any atom is -0.508 e. The number of nitrogens with one attached hydrogen (secondary N) is 4. The quantitative estimate of drug-likeness (QED) is 0.0872. The van der Waals surface area contributed by atoms with E-state index in [0.717, 1.165) is 21.6 Å². The number of fused-ring (bicyclic) bond motifs is 1. The zero-order valence-corrected chi connectivity index (χ0v) is 31.4. The fourth-order valence-corrected chi connectivity index (χ4v) is 8.05. The number of aliphatic hydroxyl groups is 2. The van der Waals surface area contributed by atoms with Crippen molar-refractivity contribution in [3.05, 3.63) is 95.8 Å². The number of rotatable bonds is 11. The van der Waals surface area contributed by atoms with E-state index in [0.29, 0.717) is 49.0 Å². The number of hydrogen-bond acceptors (Lipinski definition) is 13. The average Bonchev–Trinajstić information content (AvgIpc) is 3.97. The molecule has 1 saturated carbocycles. The van der Waals surface area contributed by atoms with Crippen LogP contribution in [0.1, 0.15) is 48.4 Å². The second-order valence-corrected chi connectivity index (χ2v) is 15.0. The summed E-state index contributed by atoms with van der Waals surface area (Å²) in [5.41, 5.74) is 3.21. The highest BCUT2D eigenvalue weighted by Crippen LogP contribution is 2.38. The van der Waals surface area contributed by atoms with Gasteiger partial charge in [0.25, 0.3) is 5.91 Å². The van der Waals surface area contributed by atoms with Crippen LogP contribution in [0, 0.1) is 0 Å². The number of urea groups is 2. The maximum absolute atomic E-state index is 12.9. The van der Waals surface area contributed by atoms with Crippen molar-refractivity contribution in [2.24, 2.45) is 0 Å². The van der Waals surface area contributed by atoms with Crippen molar-refractivity contribution in [2.75, 3.05) is 29.9 Å². The van der Waals surface area contributed by atoms with Crippen LogP contribution in [0.15, 0.2) is 79.1 Å². The topological polar surface area (TPSA) is 251 Å². The van der Waals surface area contributed by atoms with Crippen LogP contribution >= 0.6 is 0 Å². The van der Waals surface area contributed by atoms with Crippen molar-refractivity contribution in [3.8, 4) is 17.2 Å². The van der Waals surface area contributed by atoms with Crippen LogP contribution in [-0.2, 0) is 11.3 Å². The molecule has 3 fully saturated rings. The molecule has 0 bridgehead atoms. The second kappa shape index (κ2) is 15.7. The molecule has 6 atom stereocenters. The van der Waals surface area contributed by atoms with E-state index in [-0.39, 0.29) is 48.2 Å². The number of aliphatic hydroxyl groups excluding tert-OH is 2. The van der Waals surface area contributed by atoms with Crippen molar-refractivity contribution in [1.82, 2.24) is 40.4 Å². The predicted octanol–water partition coefficient (Wildman–Crippen LogP) is 2.24. The maximum Gasteiger partial charge on any atom is 0.325 e. The summed E-state index contributed by atoms with van der Waals surface area (Å²) in [5, 5.41) is 64.2. The number of imidazole rings is 1. The number of phenolic OH excluding ortho intramolecular Hbond substituents is 3. The number of anilines is 2. The molecule has 2 aromatic heterocycles. The number of imide groups is 1. The molecule has 0 unspecified atom stereocenters. The Labute approximate surface area is 332 Å². The lowest BCUT2D eigenvalue weighted by Crippen LogP contribution is -2.47. The molecule has 3 aliphatic rings. The van der Waals surface area contributed by atoms with E-state index in [4.69, 9.17) is 9.97 Å². The van der Waals surface area contributed by atoms with E-state index in [1.165, 1.54) is 6.33 Å². The Kier molecular flexibility index (Phi) is 10.3. The molecule has 1 aliphatic carbocycles. The maximum atomic E-state index is 12.9. The minimum absolute atomic E-state index is 0.0406. The largest absolute Gasteiger partial charge is 0.508 e. The van der Waals surface area contributed by atoms with Gasteiger partial charge < -0.3 is 56.3 Å². The van der Waals surface area contributed by atoms with E-state index in [2.05, 4.69) is 26.3 Å². The summed E-state index contributed by atoms with van der Waals surface area (Å²) in [5.74, 6) is 0.272. The van der Waals surface area contributed by atoms with Gasteiger partial charge in [-0.15, -0.1) is 0 Å². The Morgan fingerprint density at radius 2 is 1.60 bits per heavy atom. The highest BCUT2D eigenvalue weighted by atomic mass is 16.3. The molecule has 2 aliphatic heterocycles. The van der Waals surface area contributed by atoms with Crippen LogP contribution in [-0.4, -0.2) is 118 Å². The van der Waals surface area contributed by atoms with Gasteiger partial charge in [0.1, 0.15) is 35.5 Å². The summed E-state index contributed by atoms with van der Waals surface area (Å²) in [6.07, 6.45) is -0.678. The zero-order chi connectivity index (χ0) is 40.7. The lowest BCUT2D eigenvalue weighted by Gasteiger charge is -2.24. The van der Waals surface area contributed by atoms with Gasteiger partial charge in [0, 0.05) is 38.1 Å². The van der Waals surface area contributed by atoms with Crippen molar-refractivity contribution >= 4 is 40.9 Å². The van der Waals surface area contributed by atoms with Gasteiger partial charge in [-0.25, -0.2) is 14.6 Å². The van der Waals surface area contributed by atoms with Crippen LogP contribution in [0.3, 0.4) is 0 Å². The molecule has 9 N–H and O–H groups in total. The average molecular weight is 793 g/mol. The van der Waals surface area contributed by atoms with Gasteiger partial charge in [0.15, 0.2) is 17.0 Å². The normalized spacial score (nSPS) is 23.2. The smallest absolute Gasteiger partial charge is 0.325 e. The first-order valence-electron chi connectivity index (χ1n) is 19.1. The molecule has 5 amide bonds. The van der Waals surface area contributed by atoms with Gasteiger partial charge in [0.2, 0.25) is 5.95 Å². The lowest BCUT2D eigenvalue weighted by molar-refractivity contribution is -0.130. The van der Waals surface area contributed by atoms with Crippen molar-refractivity contribution < 1.29 is 39.9 Å². The lowest BCUT2D eigenvalue weighted by atomic mass is 9.91. The molecule has 58 heavy (non-hydrogen) atoms. The highest BCUT2D eigenvalue weighted by molar-refractivity contribution is 6.04. The number of phenols is 3.